The summed E-state index contributed by atoms with van der Waals surface area (Å²) in [5.74, 6) is -0.807. The van der Waals surface area contributed by atoms with Crippen LogP contribution in [0.4, 0.5) is 4.79 Å². The van der Waals surface area contributed by atoms with Crippen LogP contribution in [0.1, 0.15) is 90.5 Å². The second-order valence-electron chi connectivity index (χ2n) is 11.1. The van der Waals surface area contributed by atoms with Gasteiger partial charge in [0.2, 0.25) is 11.8 Å². The Morgan fingerprint density at radius 3 is 2.18 bits per heavy atom. The van der Waals surface area contributed by atoms with Gasteiger partial charge in [-0.05, 0) is 83.9 Å². The van der Waals surface area contributed by atoms with Crippen molar-refractivity contribution in [2.45, 2.75) is 99.3 Å². The van der Waals surface area contributed by atoms with E-state index in [1.807, 2.05) is 39.0 Å². The molecule has 0 radical (unpaired) electrons. The van der Waals surface area contributed by atoms with E-state index in [1.165, 1.54) is 0 Å². The molecule has 0 fully saturated rings. The topological polar surface area (TPSA) is 114 Å². The molecule has 1 aromatic carbocycles. The van der Waals surface area contributed by atoms with E-state index < -0.39 is 35.5 Å². The van der Waals surface area contributed by atoms with Crippen LogP contribution in [0.5, 0.6) is 0 Å². The van der Waals surface area contributed by atoms with Crippen LogP contribution in [-0.2, 0) is 23.9 Å². The molecule has 0 heterocycles. The van der Waals surface area contributed by atoms with Crippen LogP contribution in [-0.4, -0.2) is 60.1 Å². The number of esters is 1. The molecule has 3 amide bonds. The highest BCUT2D eigenvalue weighted by molar-refractivity contribution is 5.91. The molecule has 2 N–H and O–H groups in total. The molecule has 38 heavy (non-hydrogen) atoms. The van der Waals surface area contributed by atoms with E-state index in [0.29, 0.717) is 17.9 Å². The van der Waals surface area contributed by atoms with Crippen LogP contribution in [0.15, 0.2) is 18.2 Å². The fraction of sp³-hybridized carbons (Fsp3) is 0.655. The number of aryl methyl sites for hydroxylation is 2. The summed E-state index contributed by atoms with van der Waals surface area (Å²) in [6, 6.07) is 4.42. The zero-order chi connectivity index (χ0) is 29.0. The molecule has 2 unspecified atom stereocenters. The third-order valence-electron chi connectivity index (χ3n) is 6.01. The van der Waals surface area contributed by atoms with Crippen LogP contribution >= 0.6 is 0 Å². The van der Waals surface area contributed by atoms with Crippen LogP contribution in [0, 0.1) is 19.8 Å². The lowest BCUT2D eigenvalue weighted by molar-refractivity contribution is -0.144. The standard InChI is InChI=1S/C29H47N3O6/c1-10-37-25(34)15-16-30-27(35)26(23-14-12-20(4)21(5)17-23)32(22(6)13-11-19(2)3)24(33)18-31-28(36)38-29(7,8)9/h12,14,17,19,22,26H,10-11,13,15-16,18H2,1-9H3,(H,30,35)(H,31,36). The smallest absolute Gasteiger partial charge is 0.408 e. The monoisotopic (exact) mass is 533 g/mol. The first-order valence-electron chi connectivity index (χ1n) is 13.4. The fourth-order valence-electron chi connectivity index (χ4n) is 3.90. The number of nitrogens with one attached hydrogen (secondary N) is 2. The van der Waals surface area contributed by atoms with Crippen LogP contribution in [0.3, 0.4) is 0 Å². The third kappa shape index (κ3) is 11.5. The van der Waals surface area contributed by atoms with Gasteiger partial charge in [0.05, 0.1) is 13.0 Å². The number of carbonyl (C=O) groups excluding carboxylic acids is 4. The van der Waals surface area contributed by atoms with Crippen molar-refractivity contribution in [3.05, 3.63) is 34.9 Å². The van der Waals surface area contributed by atoms with E-state index in [4.69, 9.17) is 9.47 Å². The summed E-state index contributed by atoms with van der Waals surface area (Å²) < 4.78 is 10.2. The van der Waals surface area contributed by atoms with Gasteiger partial charge in [-0.15, -0.1) is 0 Å². The average molecular weight is 534 g/mol. The molecule has 214 valence electrons. The van der Waals surface area contributed by atoms with Gasteiger partial charge in [-0.3, -0.25) is 14.4 Å². The lowest BCUT2D eigenvalue weighted by Crippen LogP contribution is -2.51. The average Bonchev–Trinajstić information content (AvgIpc) is 2.80. The number of nitrogens with zero attached hydrogens (tertiary/aromatic N) is 1. The Labute approximate surface area is 228 Å². The number of alkyl carbamates (subject to hydrolysis) is 1. The molecule has 0 aliphatic rings. The molecule has 9 heteroatoms. The molecular formula is C29H47N3O6. The number of benzene rings is 1. The lowest BCUT2D eigenvalue weighted by Gasteiger charge is -2.37. The fourth-order valence-corrected chi connectivity index (χ4v) is 3.90. The molecule has 1 rings (SSSR count). The molecule has 0 saturated carbocycles. The minimum Gasteiger partial charge on any atom is -0.466 e. The molecule has 2 atom stereocenters. The van der Waals surface area contributed by atoms with Gasteiger partial charge < -0.3 is 25.0 Å². The van der Waals surface area contributed by atoms with Gasteiger partial charge in [0.15, 0.2) is 0 Å². The lowest BCUT2D eigenvalue weighted by atomic mass is 9.96. The molecule has 0 aliphatic carbocycles. The quantitative estimate of drug-likeness (QED) is 0.359. The summed E-state index contributed by atoms with van der Waals surface area (Å²) in [7, 11) is 0. The van der Waals surface area contributed by atoms with Crippen molar-refractivity contribution in [1.82, 2.24) is 15.5 Å². The van der Waals surface area contributed by atoms with Gasteiger partial charge in [0.25, 0.3) is 0 Å². The SMILES string of the molecule is CCOC(=O)CCNC(=O)C(c1ccc(C)c(C)c1)N(C(=O)CNC(=O)OC(C)(C)C)C(C)CCC(C)C. The number of carbonyl (C=O) groups is 4. The minimum absolute atomic E-state index is 0.0241. The Balaban J connectivity index is 3.34. The van der Waals surface area contributed by atoms with E-state index in [0.717, 1.165) is 17.5 Å². The highest BCUT2D eigenvalue weighted by Gasteiger charge is 2.35. The zero-order valence-electron chi connectivity index (χ0n) is 24.6. The maximum Gasteiger partial charge on any atom is 0.408 e. The van der Waals surface area contributed by atoms with Crippen LogP contribution < -0.4 is 10.6 Å². The maximum absolute atomic E-state index is 13.6. The Morgan fingerprint density at radius 2 is 1.63 bits per heavy atom. The van der Waals surface area contributed by atoms with Crippen LogP contribution in [0.25, 0.3) is 0 Å². The maximum atomic E-state index is 13.6. The number of ether oxygens (including phenoxy) is 2. The predicted octanol–water partition coefficient (Wildman–Crippen LogP) is 4.59. The molecular weight excluding hydrogens is 486 g/mol. The van der Waals surface area contributed by atoms with E-state index in [2.05, 4.69) is 24.5 Å². The predicted molar refractivity (Wildman–Crippen MR) is 148 cm³/mol. The summed E-state index contributed by atoms with van der Waals surface area (Å²) in [6.07, 6.45) is 0.847. The first-order chi connectivity index (χ1) is 17.7. The van der Waals surface area contributed by atoms with Gasteiger partial charge in [0.1, 0.15) is 18.2 Å². The van der Waals surface area contributed by atoms with Crippen molar-refractivity contribution >= 4 is 23.9 Å². The summed E-state index contributed by atoms with van der Waals surface area (Å²) >= 11 is 0. The number of amides is 3. The number of hydrogen-bond acceptors (Lipinski definition) is 6. The molecule has 0 aliphatic heterocycles. The largest absolute Gasteiger partial charge is 0.466 e. The molecule has 0 spiro atoms. The normalized spacial score (nSPS) is 12.9. The highest BCUT2D eigenvalue weighted by Crippen LogP contribution is 2.28. The van der Waals surface area contributed by atoms with Crippen LogP contribution in [0.2, 0.25) is 0 Å². The Kier molecular flexibility index (Phi) is 13.3. The van der Waals surface area contributed by atoms with Crippen molar-refractivity contribution in [2.24, 2.45) is 5.92 Å². The first kappa shape index (κ1) is 32.9. The summed E-state index contributed by atoms with van der Waals surface area (Å²) in [4.78, 5) is 52.9. The molecule has 1 aromatic rings. The van der Waals surface area contributed by atoms with Gasteiger partial charge >= 0.3 is 12.1 Å². The zero-order valence-corrected chi connectivity index (χ0v) is 24.6. The van der Waals surface area contributed by atoms with E-state index in [1.54, 1.807) is 32.6 Å². The highest BCUT2D eigenvalue weighted by atomic mass is 16.6. The summed E-state index contributed by atoms with van der Waals surface area (Å²) in [5, 5.41) is 5.34. The van der Waals surface area contributed by atoms with Crippen molar-refractivity contribution in [2.75, 3.05) is 19.7 Å². The molecule has 9 nitrogen and oxygen atoms in total. The van der Waals surface area contributed by atoms with Crippen molar-refractivity contribution in [1.29, 1.82) is 0 Å². The summed E-state index contributed by atoms with van der Waals surface area (Å²) in [5.41, 5.74) is 2.00. The second kappa shape index (κ2) is 15.3. The van der Waals surface area contributed by atoms with Gasteiger partial charge in [0, 0.05) is 12.6 Å². The van der Waals surface area contributed by atoms with Crippen molar-refractivity contribution in [3.63, 3.8) is 0 Å². The third-order valence-corrected chi connectivity index (χ3v) is 6.01. The van der Waals surface area contributed by atoms with Crippen molar-refractivity contribution in [3.8, 4) is 0 Å². The molecule has 0 aromatic heterocycles. The Bertz CT molecular complexity index is 954. The van der Waals surface area contributed by atoms with E-state index in [-0.39, 0.29) is 32.2 Å². The number of rotatable bonds is 13. The van der Waals surface area contributed by atoms with Crippen molar-refractivity contribution < 1.29 is 28.7 Å². The second-order valence-corrected chi connectivity index (χ2v) is 11.1. The van der Waals surface area contributed by atoms with Gasteiger partial charge in [-0.2, -0.15) is 0 Å². The first-order valence-corrected chi connectivity index (χ1v) is 13.4. The van der Waals surface area contributed by atoms with E-state index in [9.17, 15) is 19.2 Å². The minimum atomic E-state index is -0.952. The summed E-state index contributed by atoms with van der Waals surface area (Å²) in [6.45, 7) is 17.0. The Hall–Kier alpha value is -3.10. The molecule has 0 saturated heterocycles. The van der Waals surface area contributed by atoms with Gasteiger partial charge in [-0.1, -0.05) is 32.0 Å². The number of hydrogen-bond donors (Lipinski definition) is 2. The molecule has 0 bridgehead atoms. The Morgan fingerprint density at radius 1 is 0.974 bits per heavy atom. The van der Waals surface area contributed by atoms with Gasteiger partial charge in [-0.25, -0.2) is 4.79 Å². The van der Waals surface area contributed by atoms with E-state index >= 15 is 0 Å².